The largest absolute Gasteiger partial charge is 0.364 e. The fourth-order valence-electron chi connectivity index (χ4n) is 9.12. The summed E-state index contributed by atoms with van der Waals surface area (Å²) >= 11 is 0. The topological polar surface area (TPSA) is 70.7 Å². The van der Waals surface area contributed by atoms with E-state index < -0.39 is 0 Å². The molecule has 0 saturated carbocycles. The minimum absolute atomic E-state index is 0.0679. The highest BCUT2D eigenvalue weighted by atomic mass is 16.5. The number of quaternary nitrogens is 1. The Hall–Kier alpha value is -2.74. The predicted molar refractivity (Wildman–Crippen MR) is 204 cm³/mol. The molecule has 2 amide bonds. The highest BCUT2D eigenvalue weighted by Crippen LogP contribution is 2.40. The van der Waals surface area contributed by atoms with Gasteiger partial charge < -0.3 is 19.9 Å². The van der Waals surface area contributed by atoms with E-state index in [0.29, 0.717) is 6.54 Å². The van der Waals surface area contributed by atoms with Crippen LogP contribution in [0.2, 0.25) is 0 Å². The average Bonchev–Trinajstić information content (AvgIpc) is 2.99. The van der Waals surface area contributed by atoms with E-state index in [2.05, 4.69) is 109 Å². The van der Waals surface area contributed by atoms with Crippen molar-refractivity contribution in [3.8, 4) is 0 Å². The Morgan fingerprint density at radius 3 is 1.92 bits per heavy atom. The number of benzene rings is 2. The van der Waals surface area contributed by atoms with Crippen molar-refractivity contribution < 1.29 is 18.8 Å². The number of ether oxygens (including phenoxy) is 1. The third-order valence-electron chi connectivity index (χ3n) is 11.1. The van der Waals surface area contributed by atoms with Crippen molar-refractivity contribution in [1.29, 1.82) is 0 Å². The second-order valence-corrected chi connectivity index (χ2v) is 17.3. The van der Waals surface area contributed by atoms with Crippen LogP contribution in [0.15, 0.2) is 36.4 Å². The van der Waals surface area contributed by atoms with Crippen LogP contribution < -0.4 is 10.6 Å². The molecule has 2 N–H and O–H groups in total. The van der Waals surface area contributed by atoms with Crippen molar-refractivity contribution in [2.75, 3.05) is 49.9 Å². The van der Waals surface area contributed by atoms with Crippen LogP contribution in [0.4, 0.5) is 11.4 Å². The van der Waals surface area contributed by atoms with Crippen LogP contribution in [-0.4, -0.2) is 78.7 Å². The lowest BCUT2D eigenvalue weighted by molar-refractivity contribution is -0.934. The van der Waals surface area contributed by atoms with E-state index in [-0.39, 0.29) is 40.9 Å². The van der Waals surface area contributed by atoms with Gasteiger partial charge in [-0.15, -0.1) is 0 Å². The normalized spacial score (nSPS) is 23.7. The monoisotopic (exact) mass is 676 g/mol. The molecule has 2 heterocycles. The molecule has 0 aromatic heterocycles. The van der Waals surface area contributed by atoms with Crippen molar-refractivity contribution in [3.63, 3.8) is 0 Å². The fourth-order valence-corrected chi connectivity index (χ4v) is 9.12. The first kappa shape index (κ1) is 39.1. The maximum atomic E-state index is 13.6. The highest BCUT2D eigenvalue weighted by molar-refractivity contribution is 5.96. The number of nitrogens with one attached hydrogen (secondary N) is 2. The molecule has 7 nitrogen and oxygen atoms in total. The highest BCUT2D eigenvalue weighted by Gasteiger charge is 2.40. The smallest absolute Gasteiger partial charge is 0.279 e. The molecule has 2 saturated heterocycles. The zero-order chi connectivity index (χ0) is 36.0. The first-order valence-electron chi connectivity index (χ1n) is 19.0. The molecular weight excluding hydrogens is 608 g/mol. The Kier molecular flexibility index (Phi) is 13.2. The summed E-state index contributed by atoms with van der Waals surface area (Å²) in [6.07, 6.45) is 7.82. The van der Waals surface area contributed by atoms with Crippen molar-refractivity contribution in [1.82, 2.24) is 4.90 Å². The van der Waals surface area contributed by atoms with Gasteiger partial charge >= 0.3 is 0 Å². The number of rotatable bonds is 14. The Bertz CT molecular complexity index is 1380. The van der Waals surface area contributed by atoms with Gasteiger partial charge in [-0.25, -0.2) is 0 Å². The second-order valence-electron chi connectivity index (χ2n) is 17.3. The van der Waals surface area contributed by atoms with Crippen molar-refractivity contribution in [3.05, 3.63) is 58.7 Å². The number of para-hydroxylation sites is 2. The summed E-state index contributed by atoms with van der Waals surface area (Å²) in [5.74, 6) is 0.236. The van der Waals surface area contributed by atoms with Gasteiger partial charge in [0.2, 0.25) is 5.91 Å². The van der Waals surface area contributed by atoms with E-state index in [1.54, 1.807) is 0 Å². The zero-order valence-electron chi connectivity index (χ0n) is 32.5. The molecule has 272 valence electrons. The molecule has 0 bridgehead atoms. The molecule has 0 radical (unpaired) electrons. The molecule has 2 aromatic carbocycles. The number of carbonyl (C=O) groups excluding carboxylic acids is 2. The summed E-state index contributed by atoms with van der Waals surface area (Å²) in [6, 6.07) is 12.3. The summed E-state index contributed by atoms with van der Waals surface area (Å²) in [4.78, 5) is 29.5. The number of piperidine rings is 1. The van der Waals surface area contributed by atoms with E-state index in [4.69, 9.17) is 4.74 Å². The van der Waals surface area contributed by atoms with Gasteiger partial charge in [0, 0.05) is 11.4 Å². The third-order valence-corrected chi connectivity index (χ3v) is 11.1. The number of hydrogen-bond donors (Lipinski definition) is 2. The molecule has 3 atom stereocenters. The molecule has 2 aliphatic heterocycles. The van der Waals surface area contributed by atoms with Crippen LogP contribution in [0.3, 0.4) is 0 Å². The van der Waals surface area contributed by atoms with Gasteiger partial charge in [0.15, 0.2) is 6.54 Å². The molecule has 4 rings (SSSR count). The average molecular weight is 676 g/mol. The maximum Gasteiger partial charge on any atom is 0.279 e. The van der Waals surface area contributed by atoms with Crippen LogP contribution in [-0.2, 0) is 14.3 Å². The molecule has 2 fully saturated rings. The number of anilines is 2. The number of carbonyl (C=O) groups is 2. The van der Waals surface area contributed by atoms with E-state index >= 15 is 0 Å². The Morgan fingerprint density at radius 1 is 0.816 bits per heavy atom. The molecular formula is C42H67N4O3+. The molecule has 49 heavy (non-hydrogen) atoms. The number of nitrogens with zero attached hydrogens (tertiary/aromatic N) is 2. The van der Waals surface area contributed by atoms with Gasteiger partial charge in [-0.2, -0.15) is 0 Å². The molecule has 0 aliphatic carbocycles. The van der Waals surface area contributed by atoms with E-state index in [1.165, 1.54) is 0 Å². The van der Waals surface area contributed by atoms with Gasteiger partial charge in [0.25, 0.3) is 5.91 Å². The van der Waals surface area contributed by atoms with Crippen LogP contribution in [0.1, 0.15) is 109 Å². The van der Waals surface area contributed by atoms with Gasteiger partial charge in [-0.3, -0.25) is 14.5 Å². The van der Waals surface area contributed by atoms with Gasteiger partial charge in [0.05, 0.1) is 12.6 Å². The minimum atomic E-state index is -0.0679. The molecule has 3 unspecified atom stereocenters. The van der Waals surface area contributed by atoms with Crippen LogP contribution >= 0.6 is 0 Å². The summed E-state index contributed by atoms with van der Waals surface area (Å²) in [6.45, 7) is 27.3. The van der Waals surface area contributed by atoms with Crippen molar-refractivity contribution in [2.45, 2.75) is 132 Å². The van der Waals surface area contributed by atoms with Crippen LogP contribution in [0.25, 0.3) is 0 Å². The summed E-state index contributed by atoms with van der Waals surface area (Å²) in [5.41, 5.74) is 6.66. The fraction of sp³-hybridized carbons (Fsp3) is 0.667. The standard InChI is InChI=1S/C42H66N4O3/c1-30-16-13-17-31(2)38(30)43-37(47)28-46(26-34(5)49-35(6)27-46)25-15-21-41(7,8)29-42(9,10)22-24-45-23-12-11-20-36(45)40(48)44-39-32(3)18-14-19-33(39)4/h13-14,16-19,34-36H,11-12,15,20-29H2,1-10H3,(H-,43,44,47,48)/p+1. The molecule has 2 aromatic rings. The molecule has 0 spiro atoms. The predicted octanol–water partition coefficient (Wildman–Crippen LogP) is 8.59. The Balaban J connectivity index is 1.33. The van der Waals surface area contributed by atoms with Gasteiger partial charge in [0.1, 0.15) is 25.3 Å². The number of amides is 2. The summed E-state index contributed by atoms with van der Waals surface area (Å²) in [7, 11) is 0. The van der Waals surface area contributed by atoms with Crippen molar-refractivity contribution >= 4 is 23.2 Å². The SMILES string of the molecule is Cc1cccc(C)c1NC(=O)C[N+]1(CCCC(C)(C)CC(C)(C)CCN2CCCCC2C(=O)Nc2c(C)cccc2C)CC(C)OC(C)C1. The van der Waals surface area contributed by atoms with E-state index in [0.717, 1.165) is 116 Å². The first-order chi connectivity index (χ1) is 23.0. The van der Waals surface area contributed by atoms with Crippen LogP contribution in [0, 0.1) is 38.5 Å². The first-order valence-corrected chi connectivity index (χ1v) is 19.0. The summed E-state index contributed by atoms with van der Waals surface area (Å²) in [5, 5.41) is 6.55. The maximum absolute atomic E-state index is 13.6. The second kappa shape index (κ2) is 16.5. The van der Waals surface area contributed by atoms with Gasteiger partial charge in [-0.1, -0.05) is 70.5 Å². The molecule has 2 aliphatic rings. The van der Waals surface area contributed by atoms with Gasteiger partial charge in [-0.05, 0) is 126 Å². The number of hydrogen-bond acceptors (Lipinski definition) is 4. The quantitative estimate of drug-likeness (QED) is 0.197. The summed E-state index contributed by atoms with van der Waals surface area (Å²) < 4.78 is 6.93. The minimum Gasteiger partial charge on any atom is -0.364 e. The Labute approximate surface area is 298 Å². The lowest BCUT2D eigenvalue weighted by atomic mass is 9.71. The van der Waals surface area contributed by atoms with E-state index in [9.17, 15) is 9.59 Å². The molecule has 7 heteroatoms. The number of likely N-dealkylation sites (tertiary alicyclic amines) is 1. The number of aryl methyl sites for hydroxylation is 4. The lowest BCUT2D eigenvalue weighted by Gasteiger charge is -2.46. The number of morpholine rings is 1. The van der Waals surface area contributed by atoms with Crippen molar-refractivity contribution in [2.24, 2.45) is 10.8 Å². The Morgan fingerprint density at radius 2 is 1.35 bits per heavy atom. The van der Waals surface area contributed by atoms with E-state index in [1.807, 2.05) is 12.1 Å². The van der Waals surface area contributed by atoms with Crippen LogP contribution in [0.5, 0.6) is 0 Å². The third kappa shape index (κ3) is 11.1. The lowest BCUT2D eigenvalue weighted by Crippen LogP contribution is -2.62. The zero-order valence-corrected chi connectivity index (χ0v) is 32.5.